The molecular weight excluding hydrogens is 785 g/mol. The average Bonchev–Trinajstić information content (AvgIpc) is 3.25. The Balaban J connectivity index is 1.47. The number of likely N-dealkylation sites (N-methyl/N-ethyl adjacent to an activating group) is 1. The molecule has 2 aromatic rings. The molecule has 3 saturated heterocycles. The molecule has 6 rings (SSSR count). The van der Waals surface area contributed by atoms with Crippen LogP contribution >= 0.6 is 0 Å². The minimum atomic E-state index is -1.84. The number of Topliss-reactive ketones (excluding diaryl/α,β-unsaturated/α-hetero) is 1. The van der Waals surface area contributed by atoms with Gasteiger partial charge in [0.1, 0.15) is 29.4 Å². The highest BCUT2D eigenvalue weighted by molar-refractivity contribution is 6.01. The van der Waals surface area contributed by atoms with Crippen molar-refractivity contribution in [2.45, 2.75) is 141 Å². The second-order valence-electron chi connectivity index (χ2n) is 17.9. The molecule has 332 valence electrons. The van der Waals surface area contributed by atoms with Crippen LogP contribution in [0.4, 0.5) is 0 Å². The molecule has 1 aromatic heterocycles. The van der Waals surface area contributed by atoms with E-state index in [0.717, 1.165) is 10.9 Å². The maximum Gasteiger partial charge on any atom is 0.316 e. The van der Waals surface area contributed by atoms with E-state index in [4.69, 9.17) is 33.5 Å². The van der Waals surface area contributed by atoms with Gasteiger partial charge in [-0.1, -0.05) is 62.9 Å². The molecule has 15 heteroatoms. The van der Waals surface area contributed by atoms with Crippen molar-refractivity contribution in [1.29, 1.82) is 0 Å². The Morgan fingerprint density at radius 2 is 1.77 bits per heavy atom. The highest BCUT2D eigenvalue weighted by atomic mass is 16.7. The molecular formula is C46H62N4O11. The van der Waals surface area contributed by atoms with Gasteiger partial charge in [0.2, 0.25) is 6.10 Å². The van der Waals surface area contributed by atoms with Crippen molar-refractivity contribution < 1.29 is 53.1 Å². The molecule has 2 N–H and O–H groups in total. The minimum Gasteiger partial charge on any atom is -0.459 e. The number of para-hydroxylation sites is 1. The molecule has 1 aromatic carbocycles. The molecule has 4 aliphatic rings. The van der Waals surface area contributed by atoms with Gasteiger partial charge < -0.3 is 43.6 Å². The van der Waals surface area contributed by atoms with Crippen molar-refractivity contribution in [3.05, 3.63) is 42.1 Å². The number of nitrogens with zero attached hydrogens (tertiary/aromatic N) is 4. The number of rotatable bonds is 5. The van der Waals surface area contributed by atoms with Crippen LogP contribution in [0.1, 0.15) is 86.6 Å². The summed E-state index contributed by atoms with van der Waals surface area (Å²) in [5.41, 5.74) is -1.14. The molecule has 1 amide bonds. The third kappa shape index (κ3) is 10.1. The first-order valence-electron chi connectivity index (χ1n) is 21.4. The number of aliphatic hydroxyl groups is 2. The van der Waals surface area contributed by atoms with Gasteiger partial charge in [-0.05, 0) is 79.1 Å². The third-order valence-corrected chi connectivity index (χ3v) is 12.8. The summed E-state index contributed by atoms with van der Waals surface area (Å²) in [6, 6.07) is 9.30. The zero-order chi connectivity index (χ0) is 44.4. The van der Waals surface area contributed by atoms with Crippen LogP contribution in [0, 0.1) is 35.5 Å². The van der Waals surface area contributed by atoms with Gasteiger partial charge in [-0.15, -0.1) is 0 Å². The van der Waals surface area contributed by atoms with E-state index in [1.54, 1.807) is 27.0 Å². The molecule has 1 unspecified atom stereocenters. The van der Waals surface area contributed by atoms with Gasteiger partial charge in [0.25, 0.3) is 5.91 Å². The Hall–Kier alpha value is -4.14. The molecule has 15 nitrogen and oxygen atoms in total. The predicted molar refractivity (Wildman–Crippen MR) is 226 cm³/mol. The highest BCUT2D eigenvalue weighted by Crippen LogP contribution is 2.40. The van der Waals surface area contributed by atoms with Gasteiger partial charge in [0.15, 0.2) is 12.1 Å². The molecule has 61 heavy (non-hydrogen) atoms. The van der Waals surface area contributed by atoms with E-state index < -0.39 is 89.3 Å². The van der Waals surface area contributed by atoms with E-state index >= 15 is 0 Å². The molecule has 4 bridgehead atoms. The lowest BCUT2D eigenvalue weighted by molar-refractivity contribution is -0.296. The van der Waals surface area contributed by atoms with Gasteiger partial charge in [-0.2, -0.15) is 0 Å². The summed E-state index contributed by atoms with van der Waals surface area (Å²) in [6.07, 6.45) is -4.66. The molecule has 3 fully saturated rings. The monoisotopic (exact) mass is 846 g/mol. The Morgan fingerprint density at radius 1 is 1.03 bits per heavy atom. The quantitative estimate of drug-likeness (QED) is 0.247. The van der Waals surface area contributed by atoms with Gasteiger partial charge in [-0.3, -0.25) is 19.4 Å². The normalized spacial score (nSPS) is 38.8. The van der Waals surface area contributed by atoms with E-state index in [0.29, 0.717) is 17.7 Å². The number of ether oxygens (including phenoxy) is 5. The van der Waals surface area contributed by atoms with Crippen molar-refractivity contribution in [3.63, 3.8) is 0 Å². The van der Waals surface area contributed by atoms with E-state index in [9.17, 15) is 24.6 Å². The van der Waals surface area contributed by atoms with Crippen molar-refractivity contribution in [3.8, 4) is 11.8 Å². The number of amides is 1. The molecule has 14 atom stereocenters. The van der Waals surface area contributed by atoms with Gasteiger partial charge in [-0.25, -0.2) is 4.99 Å². The molecule has 0 radical (unpaired) electrons. The van der Waals surface area contributed by atoms with Crippen LogP contribution in [0.3, 0.4) is 0 Å². The largest absolute Gasteiger partial charge is 0.459 e. The number of ketones is 1. The SMILES string of the molecule is CC[C@H]1OC(=O)[C@H](C)C(=O)[C@H](C)[C@@H](O[C@@H]2O[C@H](C)C[C@H](N(C)C)[C@H]2O)[C@@]2(C)C[C@@H](C)C3=NC(=O)C(CC#Cc4cnc5ccccc5c4)O/N=C(/CO[C@H]([C@H]3C)[C@]1(C)O)CO2. The minimum absolute atomic E-state index is 0.0553. The van der Waals surface area contributed by atoms with E-state index in [-0.39, 0.29) is 50.3 Å². The number of carbonyl (C=O) groups is 3. The van der Waals surface area contributed by atoms with Crippen LogP contribution in [-0.2, 0) is 42.9 Å². The fourth-order valence-electron chi connectivity index (χ4n) is 9.32. The number of benzene rings is 1. The second kappa shape index (κ2) is 19.1. The molecule has 0 aliphatic carbocycles. The van der Waals surface area contributed by atoms with E-state index in [1.165, 1.54) is 13.8 Å². The van der Waals surface area contributed by atoms with Crippen LogP contribution in [0.15, 0.2) is 46.7 Å². The van der Waals surface area contributed by atoms with Gasteiger partial charge in [0.05, 0.1) is 49.1 Å². The number of pyridine rings is 1. The number of hydrogen-bond acceptors (Lipinski definition) is 14. The first kappa shape index (κ1) is 46.4. The number of oxime groups is 1. The Labute approximate surface area is 358 Å². The number of carbonyl (C=O) groups excluding carboxylic acids is 3. The van der Waals surface area contributed by atoms with Crippen LogP contribution < -0.4 is 0 Å². The smallest absolute Gasteiger partial charge is 0.316 e. The summed E-state index contributed by atoms with van der Waals surface area (Å²) in [5, 5.41) is 29.4. The first-order valence-corrected chi connectivity index (χ1v) is 21.4. The topological polar surface area (TPSA) is 188 Å². The zero-order valence-corrected chi connectivity index (χ0v) is 37.0. The predicted octanol–water partition coefficient (Wildman–Crippen LogP) is 4.27. The number of aliphatic hydroxyl groups excluding tert-OH is 1. The standard InChI is InChI=1S/C46H62N4O11/c1-11-36-46(8,55)41-27(4)37-25(2)21-45(7,40(28(5)38(51)29(6)43(54)59-36)60-44-39(52)34(50(9)10)19-26(3)58-44)57-24-32(23-56-41)49-61-35(42(53)48-37)18-14-15-30-20-31-16-12-13-17-33(31)47-22-30/h12-13,16-17,20,22,25-29,34-36,39-41,44,52,55H,11,18-19,21,23-24H2,1-10H3/b48-37?,49-32-/t25-,26-,27+,28+,29-,34+,35?,36-,39-,40-,41-,44+,45-,46-/m1/s1. The number of aromatic nitrogens is 1. The number of cyclic esters (lactones) is 1. The summed E-state index contributed by atoms with van der Waals surface area (Å²) < 4.78 is 32.4. The van der Waals surface area contributed by atoms with Crippen molar-refractivity contribution in [2.24, 2.45) is 33.8 Å². The van der Waals surface area contributed by atoms with Gasteiger partial charge >= 0.3 is 5.97 Å². The average molecular weight is 847 g/mol. The highest BCUT2D eigenvalue weighted by Gasteiger charge is 2.53. The maximum atomic E-state index is 14.5. The fourth-order valence-corrected chi connectivity index (χ4v) is 9.32. The summed E-state index contributed by atoms with van der Waals surface area (Å²) in [6.45, 7) is 13.4. The molecule has 4 aliphatic heterocycles. The maximum absolute atomic E-state index is 14.5. The number of aliphatic imine (C=N–C) groups is 1. The van der Waals surface area contributed by atoms with Crippen molar-refractivity contribution in [2.75, 3.05) is 27.3 Å². The van der Waals surface area contributed by atoms with E-state index in [1.807, 2.05) is 70.1 Å². The Kier molecular flexibility index (Phi) is 14.5. The summed E-state index contributed by atoms with van der Waals surface area (Å²) >= 11 is 0. The second-order valence-corrected chi connectivity index (χ2v) is 17.9. The fraction of sp³-hybridized carbons (Fsp3) is 0.652. The first-order chi connectivity index (χ1) is 28.8. The lowest BCUT2D eigenvalue weighted by atomic mass is 9.73. The third-order valence-electron chi connectivity index (χ3n) is 12.8. The van der Waals surface area contributed by atoms with E-state index in [2.05, 4.69) is 22.0 Å². The van der Waals surface area contributed by atoms with Crippen LogP contribution in [0.2, 0.25) is 0 Å². The lowest BCUT2D eigenvalue weighted by Gasteiger charge is -2.47. The molecule has 0 spiro atoms. The van der Waals surface area contributed by atoms with Crippen LogP contribution in [0.5, 0.6) is 0 Å². The summed E-state index contributed by atoms with van der Waals surface area (Å²) in [7, 11) is 3.73. The summed E-state index contributed by atoms with van der Waals surface area (Å²) in [4.78, 5) is 59.8. The summed E-state index contributed by atoms with van der Waals surface area (Å²) in [5.74, 6) is 0.594. The Morgan fingerprint density at radius 3 is 2.49 bits per heavy atom. The van der Waals surface area contributed by atoms with Crippen LogP contribution in [0.25, 0.3) is 10.9 Å². The van der Waals surface area contributed by atoms with Gasteiger partial charge in [0, 0.05) is 40.7 Å². The number of fused-ring (bicyclic) bond motifs is 5. The van der Waals surface area contributed by atoms with Crippen LogP contribution in [-0.4, -0.2) is 137 Å². The number of hydrogen-bond donors (Lipinski definition) is 2. The molecule has 5 heterocycles. The zero-order valence-electron chi connectivity index (χ0n) is 37.0. The number of esters is 1. The van der Waals surface area contributed by atoms with Crippen molar-refractivity contribution >= 4 is 40.0 Å². The lowest BCUT2D eigenvalue weighted by Crippen LogP contribution is -2.60. The van der Waals surface area contributed by atoms with Crippen molar-refractivity contribution in [1.82, 2.24) is 9.88 Å². The molecule has 0 saturated carbocycles. The Bertz CT molecular complexity index is 2060.